The van der Waals surface area contributed by atoms with Gasteiger partial charge in [0.15, 0.2) is 11.5 Å². The molecule has 0 bridgehead atoms. The van der Waals surface area contributed by atoms with Crippen LogP contribution in [0.15, 0.2) is 18.2 Å². The van der Waals surface area contributed by atoms with Gasteiger partial charge in [0, 0.05) is 30.8 Å². The summed E-state index contributed by atoms with van der Waals surface area (Å²) >= 11 is 9.24. The van der Waals surface area contributed by atoms with Crippen molar-refractivity contribution in [2.75, 3.05) is 31.1 Å². The molecule has 0 fully saturated rings. The number of hydrogen-bond acceptors (Lipinski definition) is 3. The minimum Gasteiger partial charge on any atom is -0.454 e. The molecule has 1 aliphatic heterocycles. The van der Waals surface area contributed by atoms with E-state index < -0.39 is 0 Å². The normalized spacial score (nSPS) is 12.6. The molecule has 1 aromatic carbocycles. The third-order valence-corrected chi connectivity index (χ3v) is 3.17. The lowest BCUT2D eigenvalue weighted by molar-refractivity contribution is 0.174. The van der Waals surface area contributed by atoms with Crippen molar-refractivity contribution in [3.63, 3.8) is 0 Å². The number of fused-ring (bicyclic) bond motifs is 1. The standard InChI is InChI=1S/C12H15BrClNO2.ClH/c13-3-5-15(6-4-14)8-10-1-2-11-12(7-10)17-9-16-11;/h1-2,7H,3-6,8-9H2;1H. The lowest BCUT2D eigenvalue weighted by atomic mass is 10.2. The number of benzene rings is 1. The Labute approximate surface area is 127 Å². The molecule has 0 saturated carbocycles. The molecule has 18 heavy (non-hydrogen) atoms. The number of hydrogen-bond donors (Lipinski definition) is 0. The van der Waals surface area contributed by atoms with Crippen LogP contribution < -0.4 is 9.47 Å². The van der Waals surface area contributed by atoms with Crippen molar-refractivity contribution in [2.24, 2.45) is 0 Å². The van der Waals surface area contributed by atoms with Gasteiger partial charge < -0.3 is 9.47 Å². The largest absolute Gasteiger partial charge is 0.454 e. The van der Waals surface area contributed by atoms with Gasteiger partial charge in [0.2, 0.25) is 6.79 Å². The van der Waals surface area contributed by atoms with Crippen molar-refractivity contribution < 1.29 is 9.47 Å². The molecule has 0 atom stereocenters. The summed E-state index contributed by atoms with van der Waals surface area (Å²) < 4.78 is 10.7. The lowest BCUT2D eigenvalue weighted by Crippen LogP contribution is -2.27. The number of ether oxygens (including phenoxy) is 2. The second-order valence-corrected chi connectivity index (χ2v) is 5.01. The first-order valence-electron chi connectivity index (χ1n) is 5.56. The van der Waals surface area contributed by atoms with E-state index in [9.17, 15) is 0 Å². The highest BCUT2D eigenvalue weighted by Crippen LogP contribution is 2.32. The van der Waals surface area contributed by atoms with Crippen LogP contribution in [0, 0.1) is 0 Å². The third kappa shape index (κ3) is 4.19. The van der Waals surface area contributed by atoms with Crippen LogP contribution in [0.2, 0.25) is 0 Å². The highest BCUT2D eigenvalue weighted by Gasteiger charge is 2.14. The van der Waals surface area contributed by atoms with Gasteiger partial charge in [0.25, 0.3) is 0 Å². The summed E-state index contributed by atoms with van der Waals surface area (Å²) in [6, 6.07) is 6.07. The Bertz CT molecular complexity index is 373. The minimum atomic E-state index is 0. The van der Waals surface area contributed by atoms with Gasteiger partial charge >= 0.3 is 0 Å². The molecule has 0 aliphatic carbocycles. The van der Waals surface area contributed by atoms with E-state index >= 15 is 0 Å². The highest BCUT2D eigenvalue weighted by atomic mass is 79.9. The molecule has 6 heteroatoms. The van der Waals surface area contributed by atoms with Crippen molar-refractivity contribution in [1.29, 1.82) is 0 Å². The van der Waals surface area contributed by atoms with E-state index in [4.69, 9.17) is 21.1 Å². The maximum atomic E-state index is 5.79. The summed E-state index contributed by atoms with van der Waals surface area (Å²) in [4.78, 5) is 2.30. The first-order valence-corrected chi connectivity index (χ1v) is 7.22. The van der Waals surface area contributed by atoms with Crippen LogP contribution in [0.4, 0.5) is 0 Å². The van der Waals surface area contributed by atoms with Gasteiger partial charge in [-0.3, -0.25) is 4.90 Å². The molecule has 0 N–H and O–H groups in total. The molecule has 0 spiro atoms. The quantitative estimate of drug-likeness (QED) is 0.730. The second kappa shape index (κ2) is 8.10. The zero-order chi connectivity index (χ0) is 12.1. The Hall–Kier alpha value is -0.160. The first kappa shape index (κ1) is 15.9. The van der Waals surface area contributed by atoms with Gasteiger partial charge in [-0.05, 0) is 17.7 Å². The van der Waals surface area contributed by atoms with Crippen molar-refractivity contribution >= 4 is 39.9 Å². The van der Waals surface area contributed by atoms with E-state index in [0.29, 0.717) is 12.7 Å². The van der Waals surface area contributed by atoms with Gasteiger partial charge in [0.05, 0.1) is 0 Å². The third-order valence-electron chi connectivity index (χ3n) is 2.64. The van der Waals surface area contributed by atoms with Crippen molar-refractivity contribution in [3.8, 4) is 11.5 Å². The van der Waals surface area contributed by atoms with Gasteiger partial charge in [0.1, 0.15) is 0 Å². The fourth-order valence-electron chi connectivity index (χ4n) is 1.81. The zero-order valence-corrected chi connectivity index (χ0v) is 13.1. The van der Waals surface area contributed by atoms with E-state index in [1.165, 1.54) is 5.56 Å². The van der Waals surface area contributed by atoms with Gasteiger partial charge in [-0.2, -0.15) is 0 Å². The Kier molecular flexibility index (Phi) is 7.15. The van der Waals surface area contributed by atoms with E-state index in [1.807, 2.05) is 12.1 Å². The van der Waals surface area contributed by atoms with E-state index in [-0.39, 0.29) is 12.4 Å². The van der Waals surface area contributed by atoms with E-state index in [2.05, 4.69) is 26.9 Å². The molecule has 0 aromatic heterocycles. The van der Waals surface area contributed by atoms with Crippen LogP contribution >= 0.6 is 39.9 Å². The topological polar surface area (TPSA) is 21.7 Å². The van der Waals surface area contributed by atoms with Crippen LogP contribution in [0.3, 0.4) is 0 Å². The zero-order valence-electron chi connectivity index (χ0n) is 9.90. The summed E-state index contributed by atoms with van der Waals surface area (Å²) in [7, 11) is 0. The van der Waals surface area contributed by atoms with Crippen molar-refractivity contribution in [3.05, 3.63) is 23.8 Å². The Balaban J connectivity index is 0.00000162. The maximum Gasteiger partial charge on any atom is 0.231 e. The smallest absolute Gasteiger partial charge is 0.231 e. The summed E-state index contributed by atoms with van der Waals surface area (Å²) in [5, 5.41) is 0.953. The summed E-state index contributed by atoms with van der Waals surface area (Å²) in [6.45, 7) is 3.09. The van der Waals surface area contributed by atoms with Crippen LogP contribution in [0.25, 0.3) is 0 Å². The van der Waals surface area contributed by atoms with Crippen molar-refractivity contribution in [2.45, 2.75) is 6.54 Å². The average Bonchev–Trinajstić information content (AvgIpc) is 2.77. The lowest BCUT2D eigenvalue weighted by Gasteiger charge is -2.20. The molecule has 0 unspecified atom stereocenters. The number of nitrogens with zero attached hydrogens (tertiary/aromatic N) is 1. The van der Waals surface area contributed by atoms with Gasteiger partial charge in [-0.15, -0.1) is 24.0 Å². The molecule has 2 rings (SSSR count). The molecular weight excluding hydrogens is 341 g/mol. The number of halogens is 3. The molecule has 1 heterocycles. The molecule has 1 aromatic rings. The summed E-state index contributed by atoms with van der Waals surface area (Å²) in [6.07, 6.45) is 0. The molecule has 1 aliphatic rings. The van der Waals surface area contributed by atoms with Crippen molar-refractivity contribution in [1.82, 2.24) is 4.90 Å². The molecular formula is C12H16BrCl2NO2. The Morgan fingerprint density at radius 1 is 1.22 bits per heavy atom. The molecule has 0 radical (unpaired) electrons. The van der Waals surface area contributed by atoms with E-state index in [0.717, 1.165) is 36.5 Å². The number of rotatable bonds is 6. The van der Waals surface area contributed by atoms with Crippen LogP contribution in [-0.2, 0) is 6.54 Å². The fourth-order valence-corrected chi connectivity index (χ4v) is 2.55. The summed E-state index contributed by atoms with van der Waals surface area (Å²) in [5.74, 6) is 2.32. The summed E-state index contributed by atoms with van der Waals surface area (Å²) in [5.41, 5.74) is 1.22. The predicted octanol–water partition coefficient (Wildman–Crippen LogP) is 3.27. The second-order valence-electron chi connectivity index (χ2n) is 3.84. The molecule has 3 nitrogen and oxygen atoms in total. The SMILES string of the molecule is Cl.ClCCN(CCBr)Cc1ccc2c(c1)OCO2. The minimum absolute atomic E-state index is 0. The monoisotopic (exact) mass is 355 g/mol. The number of alkyl halides is 2. The van der Waals surface area contributed by atoms with Gasteiger partial charge in [-0.1, -0.05) is 22.0 Å². The Morgan fingerprint density at radius 3 is 2.72 bits per heavy atom. The van der Waals surface area contributed by atoms with E-state index in [1.54, 1.807) is 0 Å². The first-order chi connectivity index (χ1) is 8.33. The fraction of sp³-hybridized carbons (Fsp3) is 0.500. The molecule has 0 amide bonds. The highest BCUT2D eigenvalue weighted by molar-refractivity contribution is 9.09. The van der Waals surface area contributed by atoms with Gasteiger partial charge in [-0.25, -0.2) is 0 Å². The maximum absolute atomic E-state index is 5.79. The molecule has 0 saturated heterocycles. The van der Waals surface area contributed by atoms with Crippen LogP contribution in [0.5, 0.6) is 11.5 Å². The molecule has 102 valence electrons. The van der Waals surface area contributed by atoms with Crippen LogP contribution in [-0.4, -0.2) is 36.0 Å². The predicted molar refractivity (Wildman–Crippen MR) is 79.6 cm³/mol. The van der Waals surface area contributed by atoms with Crippen LogP contribution in [0.1, 0.15) is 5.56 Å². The Morgan fingerprint density at radius 2 is 2.00 bits per heavy atom. The average molecular weight is 357 g/mol.